The molecule has 1 atom stereocenters. The van der Waals surface area contributed by atoms with Crippen LogP contribution in [0.4, 0.5) is 4.79 Å². The third-order valence-electron chi connectivity index (χ3n) is 3.84. The van der Waals surface area contributed by atoms with Crippen LogP contribution in [0, 0.1) is 5.92 Å². The second-order valence-electron chi connectivity index (χ2n) is 5.88. The number of ether oxygens (including phenoxy) is 1. The molecule has 1 fully saturated rings. The normalized spacial score (nSPS) is 16.2. The number of carbonyl (C=O) groups excluding carboxylic acids is 1. The number of alkyl carbamates (subject to hydrolysis) is 1. The van der Waals surface area contributed by atoms with Gasteiger partial charge in [0.05, 0.1) is 6.26 Å². The minimum Gasteiger partial charge on any atom is -0.479 e. The Morgan fingerprint density at radius 1 is 1.33 bits per heavy atom. The molecule has 1 aromatic carbocycles. The van der Waals surface area contributed by atoms with Gasteiger partial charge in [-0.3, -0.25) is 0 Å². The lowest BCUT2D eigenvalue weighted by Gasteiger charge is -2.26. The molecule has 0 aromatic heterocycles. The van der Waals surface area contributed by atoms with Crippen LogP contribution in [0.25, 0.3) is 0 Å². The monoisotopic (exact) mass is 334 g/mol. The summed E-state index contributed by atoms with van der Waals surface area (Å²) in [6.45, 7) is 8.15. The summed E-state index contributed by atoms with van der Waals surface area (Å²) >= 11 is 0. The van der Waals surface area contributed by atoms with Crippen molar-refractivity contribution in [3.8, 4) is 0 Å². The number of piperidine rings is 1. The Bertz CT molecular complexity index is 515. The average molecular weight is 334 g/mol. The van der Waals surface area contributed by atoms with Gasteiger partial charge in [-0.1, -0.05) is 43.8 Å². The Morgan fingerprint density at radius 2 is 1.92 bits per heavy atom. The van der Waals surface area contributed by atoms with Crippen LogP contribution in [0.3, 0.4) is 0 Å². The second kappa shape index (κ2) is 10.4. The van der Waals surface area contributed by atoms with Gasteiger partial charge in [0, 0.05) is 0 Å². The summed E-state index contributed by atoms with van der Waals surface area (Å²) in [7, 11) is 2.20. The molecule has 132 valence electrons. The van der Waals surface area contributed by atoms with E-state index in [1.165, 1.54) is 25.9 Å². The van der Waals surface area contributed by atoms with Crippen LogP contribution in [0.5, 0.6) is 0 Å². The molecule has 2 N–H and O–H groups in total. The zero-order chi connectivity index (χ0) is 17.9. The topological polar surface area (TPSA) is 78.9 Å². The van der Waals surface area contributed by atoms with Crippen molar-refractivity contribution < 1.29 is 19.4 Å². The Balaban J connectivity index is 0.000000300. The molecule has 0 bridgehead atoms. The van der Waals surface area contributed by atoms with E-state index in [1.807, 2.05) is 0 Å². The van der Waals surface area contributed by atoms with Gasteiger partial charge in [0.1, 0.15) is 0 Å². The SMILES string of the molecule is C=COC(=O)NC(C(=O)O)c1ccccc1.CC1CCN(C)CC1. The van der Waals surface area contributed by atoms with E-state index in [0.29, 0.717) is 5.56 Å². The maximum atomic E-state index is 11.1. The van der Waals surface area contributed by atoms with Gasteiger partial charge in [-0.05, 0) is 44.5 Å². The van der Waals surface area contributed by atoms with Crippen molar-refractivity contribution in [1.29, 1.82) is 0 Å². The molecule has 24 heavy (non-hydrogen) atoms. The van der Waals surface area contributed by atoms with Crippen molar-refractivity contribution in [2.24, 2.45) is 5.92 Å². The van der Waals surface area contributed by atoms with Crippen molar-refractivity contribution in [2.75, 3.05) is 20.1 Å². The van der Waals surface area contributed by atoms with Crippen molar-refractivity contribution in [3.05, 3.63) is 48.7 Å². The lowest BCUT2D eigenvalue weighted by atomic mass is 10.00. The van der Waals surface area contributed by atoms with Crippen molar-refractivity contribution in [3.63, 3.8) is 0 Å². The number of carboxylic acid groups (broad SMARTS) is 1. The molecule has 2 rings (SSSR count). The van der Waals surface area contributed by atoms with E-state index in [0.717, 1.165) is 12.2 Å². The predicted molar refractivity (Wildman–Crippen MR) is 92.5 cm³/mol. The van der Waals surface area contributed by atoms with Crippen LogP contribution in [0.1, 0.15) is 31.4 Å². The van der Waals surface area contributed by atoms with E-state index in [-0.39, 0.29) is 0 Å². The van der Waals surface area contributed by atoms with E-state index in [9.17, 15) is 9.59 Å². The molecular weight excluding hydrogens is 308 g/mol. The first-order valence-corrected chi connectivity index (χ1v) is 7.98. The van der Waals surface area contributed by atoms with Crippen molar-refractivity contribution in [2.45, 2.75) is 25.8 Å². The molecule has 1 aromatic rings. The first-order chi connectivity index (χ1) is 11.4. The number of rotatable bonds is 4. The third kappa shape index (κ3) is 7.28. The van der Waals surface area contributed by atoms with Crippen LogP contribution in [-0.4, -0.2) is 42.2 Å². The van der Waals surface area contributed by atoms with Gasteiger partial charge < -0.3 is 20.1 Å². The number of amides is 1. The Hall–Kier alpha value is -2.34. The van der Waals surface area contributed by atoms with E-state index >= 15 is 0 Å². The molecule has 1 amide bonds. The van der Waals surface area contributed by atoms with E-state index < -0.39 is 18.1 Å². The van der Waals surface area contributed by atoms with Gasteiger partial charge in [0.2, 0.25) is 0 Å². The summed E-state index contributed by atoms with van der Waals surface area (Å²) in [5, 5.41) is 11.1. The van der Waals surface area contributed by atoms with Crippen molar-refractivity contribution in [1.82, 2.24) is 10.2 Å². The lowest BCUT2D eigenvalue weighted by molar-refractivity contribution is -0.139. The Labute approximate surface area is 143 Å². The number of carbonyl (C=O) groups is 2. The highest BCUT2D eigenvalue weighted by molar-refractivity contribution is 5.81. The van der Waals surface area contributed by atoms with Gasteiger partial charge in [-0.25, -0.2) is 9.59 Å². The maximum Gasteiger partial charge on any atom is 0.412 e. The van der Waals surface area contributed by atoms with Crippen LogP contribution in [-0.2, 0) is 9.53 Å². The lowest BCUT2D eigenvalue weighted by Crippen LogP contribution is -2.33. The van der Waals surface area contributed by atoms with Gasteiger partial charge in [0.25, 0.3) is 0 Å². The highest BCUT2D eigenvalue weighted by Crippen LogP contribution is 2.14. The molecule has 0 saturated carbocycles. The minimum absolute atomic E-state index is 0.469. The highest BCUT2D eigenvalue weighted by Gasteiger charge is 2.21. The molecule has 1 unspecified atom stereocenters. The third-order valence-corrected chi connectivity index (χ3v) is 3.84. The predicted octanol–water partition coefficient (Wildman–Crippen LogP) is 3.03. The Kier molecular flexibility index (Phi) is 8.57. The number of carboxylic acids is 1. The van der Waals surface area contributed by atoms with E-state index in [1.54, 1.807) is 30.3 Å². The first-order valence-electron chi connectivity index (χ1n) is 7.98. The first kappa shape index (κ1) is 19.7. The minimum atomic E-state index is -1.16. The average Bonchev–Trinajstić information content (AvgIpc) is 2.57. The summed E-state index contributed by atoms with van der Waals surface area (Å²) in [6, 6.07) is 7.20. The molecule has 1 aliphatic heterocycles. The molecule has 0 aliphatic carbocycles. The molecule has 1 aliphatic rings. The summed E-state index contributed by atoms with van der Waals surface area (Å²) in [5.41, 5.74) is 0.469. The van der Waals surface area contributed by atoms with Gasteiger partial charge >= 0.3 is 12.1 Å². The zero-order valence-electron chi connectivity index (χ0n) is 14.3. The number of nitrogens with zero attached hydrogens (tertiary/aromatic N) is 1. The molecular formula is C18H26N2O4. The number of benzene rings is 1. The number of nitrogens with one attached hydrogen (secondary N) is 1. The molecule has 1 saturated heterocycles. The molecule has 0 spiro atoms. The quantitative estimate of drug-likeness (QED) is 0.828. The molecule has 1 heterocycles. The fourth-order valence-corrected chi connectivity index (χ4v) is 2.30. The molecule has 0 radical (unpaired) electrons. The maximum absolute atomic E-state index is 11.1. The van der Waals surface area contributed by atoms with Gasteiger partial charge in [-0.2, -0.15) is 0 Å². The van der Waals surface area contributed by atoms with Gasteiger partial charge in [0.15, 0.2) is 6.04 Å². The number of aliphatic carboxylic acids is 1. The summed E-state index contributed by atoms with van der Waals surface area (Å²) < 4.78 is 4.39. The van der Waals surface area contributed by atoms with E-state index in [4.69, 9.17) is 5.11 Å². The molecule has 6 nitrogen and oxygen atoms in total. The Morgan fingerprint density at radius 3 is 2.38 bits per heavy atom. The van der Waals surface area contributed by atoms with Gasteiger partial charge in [-0.15, -0.1) is 0 Å². The summed E-state index contributed by atoms with van der Waals surface area (Å²) in [5.74, 6) is -0.182. The fraction of sp³-hybridized carbons (Fsp3) is 0.444. The smallest absolute Gasteiger partial charge is 0.412 e. The standard InChI is InChI=1S/C11H11NO4.C7H15N/c1-2-16-11(15)12-9(10(13)14)8-6-4-3-5-7-8;1-7-3-5-8(2)6-4-7/h2-7,9H,1H2,(H,12,15)(H,13,14);7H,3-6H2,1-2H3. The van der Waals surface area contributed by atoms with Crippen LogP contribution < -0.4 is 5.32 Å². The van der Waals surface area contributed by atoms with E-state index in [2.05, 4.69) is 35.5 Å². The van der Waals surface area contributed by atoms with Crippen LogP contribution in [0.15, 0.2) is 43.2 Å². The molecule has 6 heteroatoms. The summed E-state index contributed by atoms with van der Waals surface area (Å²) in [4.78, 5) is 24.4. The highest BCUT2D eigenvalue weighted by atomic mass is 16.5. The second-order valence-corrected chi connectivity index (χ2v) is 5.88. The fourth-order valence-electron chi connectivity index (χ4n) is 2.30. The largest absolute Gasteiger partial charge is 0.479 e. The van der Waals surface area contributed by atoms with Crippen LogP contribution in [0.2, 0.25) is 0 Å². The van der Waals surface area contributed by atoms with Crippen LogP contribution >= 0.6 is 0 Å². The number of hydrogen-bond donors (Lipinski definition) is 2. The zero-order valence-corrected chi connectivity index (χ0v) is 14.3. The van der Waals surface area contributed by atoms with Crippen molar-refractivity contribution >= 4 is 12.1 Å². The number of hydrogen-bond acceptors (Lipinski definition) is 4. The number of likely N-dealkylation sites (tertiary alicyclic amines) is 1. The summed E-state index contributed by atoms with van der Waals surface area (Å²) in [6.07, 6.45) is 2.87.